The monoisotopic (exact) mass is 862 g/mol. The summed E-state index contributed by atoms with van der Waals surface area (Å²) in [5.74, 6) is -7.15. The average molecular weight is 862 g/mol. The predicted octanol–water partition coefficient (Wildman–Crippen LogP) is -18.3. The number of aliphatic hydroxyl groups excluding tert-OH is 20. The third-order valence-corrected chi connectivity index (χ3v) is 6.02. The molecule has 28 nitrogen and oxygen atoms in total. The van der Waals surface area contributed by atoms with E-state index in [-0.39, 0.29) is 46.6 Å². The van der Waals surface area contributed by atoms with Gasteiger partial charge >= 0.3 is 47.5 Å². The van der Waals surface area contributed by atoms with Crippen molar-refractivity contribution in [1.29, 1.82) is 0 Å². The summed E-state index contributed by atoms with van der Waals surface area (Å²) >= 11 is 0. The van der Waals surface area contributed by atoms with Crippen molar-refractivity contribution in [2.45, 2.75) is 97.7 Å². The van der Waals surface area contributed by atoms with Gasteiger partial charge in [-0.2, -0.15) is 0 Å². The molecule has 0 spiro atoms. The standard InChI is InChI=1S/4C6H12O7.Fe.Na/c4*7-1-2(8)3(9)4(10)5(11)6(12)13;;/h4*2-5,7-11H,1H2,(H,12,13);;/q;;;;;+1/p-1/t4*2-,3-,4+,5-;;/m1111../s1. The van der Waals surface area contributed by atoms with Gasteiger partial charge in [-0.25, -0.2) is 14.4 Å². The molecule has 0 aliphatic carbocycles. The largest absolute Gasteiger partial charge is 1.00 e. The van der Waals surface area contributed by atoms with Gasteiger partial charge < -0.3 is 127 Å². The first-order valence-electron chi connectivity index (χ1n) is 13.9. The van der Waals surface area contributed by atoms with Crippen LogP contribution in [0, 0.1) is 0 Å². The van der Waals surface area contributed by atoms with E-state index in [0.717, 1.165) is 0 Å². The Morgan fingerprint density at radius 3 is 0.611 bits per heavy atom. The van der Waals surface area contributed by atoms with Crippen LogP contribution >= 0.6 is 0 Å². The van der Waals surface area contributed by atoms with Crippen LogP contribution < -0.4 is 34.7 Å². The maximum Gasteiger partial charge on any atom is 1.00 e. The molecule has 0 aliphatic rings. The van der Waals surface area contributed by atoms with E-state index >= 15 is 0 Å². The van der Waals surface area contributed by atoms with Crippen LogP contribution in [0.15, 0.2) is 0 Å². The number of carboxylic acid groups (broad SMARTS) is 4. The van der Waals surface area contributed by atoms with Gasteiger partial charge in [0.1, 0.15) is 79.4 Å². The summed E-state index contributed by atoms with van der Waals surface area (Å²) in [7, 11) is 0. The summed E-state index contributed by atoms with van der Waals surface area (Å²) < 4.78 is 0. The van der Waals surface area contributed by atoms with Crippen LogP contribution in [0.5, 0.6) is 0 Å². The fourth-order valence-electron chi connectivity index (χ4n) is 2.67. The number of aliphatic hydroxyl groups is 20. The molecule has 23 N–H and O–H groups in total. The molecule has 0 aromatic carbocycles. The molecule has 0 aromatic heterocycles. The molecule has 0 saturated carbocycles. The van der Waals surface area contributed by atoms with E-state index in [9.17, 15) is 24.3 Å². The van der Waals surface area contributed by atoms with Crippen molar-refractivity contribution in [2.24, 2.45) is 0 Å². The van der Waals surface area contributed by atoms with E-state index < -0.39 is 148 Å². The Bertz CT molecular complexity index is 848. The van der Waals surface area contributed by atoms with Gasteiger partial charge in [0.2, 0.25) is 0 Å². The Balaban J connectivity index is -0.000000140. The average Bonchev–Trinajstić information content (AvgIpc) is 3.12. The molecule has 0 rings (SSSR count). The SMILES string of the molecule is O=C(O)[C@H](O)[C@@H](O)[C@H](O)[C@H](O)CO.O=C(O)[C@H](O)[C@@H](O)[C@H](O)[C@H](O)CO.O=C(O)[C@H](O)[C@@H](O)[C@H](O)[C@H](O)CO.O=C([O-])[C@H](O)[C@@H](O)[C@H](O)[C@H](O)CO.[Fe].[Na+]. The molecule has 0 saturated heterocycles. The fraction of sp³-hybridized carbons (Fsp3) is 0.833. The second-order valence-electron chi connectivity index (χ2n) is 10.0. The third kappa shape index (κ3) is 25.0. The van der Waals surface area contributed by atoms with Crippen LogP contribution in [0.2, 0.25) is 0 Å². The summed E-state index contributed by atoms with van der Waals surface area (Å²) in [5, 5.41) is 209. The second kappa shape index (κ2) is 33.7. The van der Waals surface area contributed by atoms with Crippen molar-refractivity contribution in [3.8, 4) is 0 Å². The normalized spacial score (nSPS) is 19.6. The van der Waals surface area contributed by atoms with Crippen molar-refractivity contribution < 1.29 is 188 Å². The minimum absolute atomic E-state index is 0. The fourth-order valence-corrected chi connectivity index (χ4v) is 2.67. The Hall–Kier alpha value is -1.40. The second-order valence-corrected chi connectivity index (χ2v) is 10.0. The molecule has 320 valence electrons. The van der Waals surface area contributed by atoms with E-state index in [0.29, 0.717) is 0 Å². The maximum atomic E-state index is 10.1. The molecule has 0 radical (unpaired) electrons. The molecule has 0 aliphatic heterocycles. The molecule has 0 bridgehead atoms. The molecular formula is C24H47FeNaO28. The minimum Gasteiger partial charge on any atom is -0.547 e. The molecule has 0 unspecified atom stereocenters. The first kappa shape index (κ1) is 64.5. The van der Waals surface area contributed by atoms with Crippen LogP contribution in [0.3, 0.4) is 0 Å². The molecule has 16 atom stereocenters. The summed E-state index contributed by atoms with van der Waals surface area (Å²) in [4.78, 5) is 40.3. The first-order chi connectivity index (χ1) is 23.7. The van der Waals surface area contributed by atoms with Crippen molar-refractivity contribution >= 4 is 23.9 Å². The van der Waals surface area contributed by atoms with Crippen molar-refractivity contribution in [2.75, 3.05) is 26.4 Å². The quantitative estimate of drug-likeness (QED) is 0.0505. The van der Waals surface area contributed by atoms with Gasteiger partial charge in [-0.1, -0.05) is 0 Å². The Labute approximate surface area is 335 Å². The smallest absolute Gasteiger partial charge is 0.547 e. The van der Waals surface area contributed by atoms with Crippen LogP contribution in [-0.4, -0.2) is 265 Å². The number of hydrogen-bond acceptors (Lipinski definition) is 25. The number of carboxylic acids is 4. The number of hydrogen-bond donors (Lipinski definition) is 23. The molecule has 0 amide bonds. The Morgan fingerprint density at radius 2 is 0.500 bits per heavy atom. The van der Waals surface area contributed by atoms with E-state index in [1.807, 2.05) is 0 Å². The summed E-state index contributed by atoms with van der Waals surface area (Å²) in [6.45, 7) is -3.39. The number of carbonyl (C=O) groups is 4. The zero-order chi connectivity index (χ0) is 42.4. The topological polar surface area (TPSA) is 557 Å². The van der Waals surface area contributed by atoms with Gasteiger partial charge in [-0.05, 0) is 0 Å². The van der Waals surface area contributed by atoms with Crippen molar-refractivity contribution in [3.05, 3.63) is 0 Å². The zero-order valence-electron chi connectivity index (χ0n) is 27.7. The van der Waals surface area contributed by atoms with E-state index in [4.69, 9.17) is 117 Å². The number of aliphatic carboxylic acids is 4. The van der Waals surface area contributed by atoms with Crippen LogP contribution in [0.25, 0.3) is 0 Å². The van der Waals surface area contributed by atoms with E-state index in [2.05, 4.69) is 0 Å². The summed E-state index contributed by atoms with van der Waals surface area (Å²) in [5.41, 5.74) is 0. The molecule has 0 aromatic rings. The van der Waals surface area contributed by atoms with Crippen LogP contribution in [0.4, 0.5) is 0 Å². The molecule has 0 fully saturated rings. The van der Waals surface area contributed by atoms with Gasteiger partial charge in [0.15, 0.2) is 18.3 Å². The summed E-state index contributed by atoms with van der Waals surface area (Å²) in [6.07, 6.45) is -31.6. The number of rotatable bonds is 20. The molecule has 30 heteroatoms. The Morgan fingerprint density at radius 1 is 0.352 bits per heavy atom. The van der Waals surface area contributed by atoms with Gasteiger partial charge in [0.05, 0.1) is 32.4 Å². The van der Waals surface area contributed by atoms with Crippen molar-refractivity contribution in [1.82, 2.24) is 0 Å². The zero-order valence-corrected chi connectivity index (χ0v) is 30.9. The number of carbonyl (C=O) groups excluding carboxylic acids is 1. The van der Waals surface area contributed by atoms with Gasteiger partial charge in [0.25, 0.3) is 0 Å². The van der Waals surface area contributed by atoms with Crippen LogP contribution in [0.1, 0.15) is 0 Å². The van der Waals surface area contributed by atoms with Crippen molar-refractivity contribution in [3.63, 3.8) is 0 Å². The maximum absolute atomic E-state index is 10.1. The van der Waals surface area contributed by atoms with Crippen LogP contribution in [-0.2, 0) is 36.2 Å². The molecular weight excluding hydrogens is 815 g/mol. The Kier molecular flexibility index (Phi) is 40.3. The third-order valence-electron chi connectivity index (χ3n) is 6.02. The van der Waals surface area contributed by atoms with Gasteiger partial charge in [-0.3, -0.25) is 0 Å². The molecule has 0 heterocycles. The van der Waals surface area contributed by atoms with Gasteiger partial charge in [0, 0.05) is 17.1 Å². The van der Waals surface area contributed by atoms with E-state index in [1.165, 1.54) is 0 Å². The first-order valence-corrected chi connectivity index (χ1v) is 13.9. The van der Waals surface area contributed by atoms with Gasteiger partial charge in [-0.15, -0.1) is 0 Å². The summed E-state index contributed by atoms with van der Waals surface area (Å²) in [6, 6.07) is 0. The predicted molar refractivity (Wildman–Crippen MR) is 152 cm³/mol. The molecule has 54 heavy (non-hydrogen) atoms. The van der Waals surface area contributed by atoms with E-state index in [1.54, 1.807) is 0 Å². The minimum atomic E-state index is -2.31.